The Bertz CT molecular complexity index is 911. The molecule has 0 aromatic heterocycles. The summed E-state index contributed by atoms with van der Waals surface area (Å²) in [6, 6.07) is 13.3. The summed E-state index contributed by atoms with van der Waals surface area (Å²) in [4.78, 5) is 23.7. The summed E-state index contributed by atoms with van der Waals surface area (Å²) in [5.74, 6) is -1.60. The molecule has 7 nitrogen and oxygen atoms in total. The van der Waals surface area contributed by atoms with Gasteiger partial charge in [0.25, 0.3) is 5.91 Å². The molecule has 144 valence electrons. The van der Waals surface area contributed by atoms with Crippen LogP contribution in [0.25, 0.3) is 0 Å². The Morgan fingerprint density at radius 2 is 1.70 bits per heavy atom. The molecule has 0 heterocycles. The number of rotatable bonds is 8. The Balaban J connectivity index is 2.26. The summed E-state index contributed by atoms with van der Waals surface area (Å²) in [6.45, 7) is 3.40. The Labute approximate surface area is 158 Å². The quantitative estimate of drug-likeness (QED) is 0.640. The molecular formula is C19H22N2O5S. The van der Waals surface area contributed by atoms with Gasteiger partial charge in [0.15, 0.2) is 0 Å². The van der Waals surface area contributed by atoms with E-state index >= 15 is 0 Å². The number of aliphatic carboxylic acids is 1. The minimum absolute atomic E-state index is 0.0293. The molecule has 0 aliphatic rings. The van der Waals surface area contributed by atoms with Gasteiger partial charge in [-0.15, -0.1) is 0 Å². The lowest BCUT2D eigenvalue weighted by Crippen LogP contribution is -2.32. The first-order valence-electron chi connectivity index (χ1n) is 8.39. The highest BCUT2D eigenvalue weighted by molar-refractivity contribution is 7.89. The van der Waals surface area contributed by atoms with Crippen LogP contribution in [0, 0.1) is 0 Å². The van der Waals surface area contributed by atoms with E-state index in [1.807, 2.05) is 0 Å². The predicted octanol–water partition coefficient (Wildman–Crippen LogP) is 2.32. The van der Waals surface area contributed by atoms with Gasteiger partial charge in [-0.25, -0.2) is 13.1 Å². The molecule has 0 radical (unpaired) electrons. The van der Waals surface area contributed by atoms with Crippen LogP contribution in [-0.4, -0.2) is 31.4 Å². The number of sulfonamides is 1. The molecule has 27 heavy (non-hydrogen) atoms. The summed E-state index contributed by atoms with van der Waals surface area (Å²) < 4.78 is 27.0. The maximum atomic E-state index is 12.6. The number of benzene rings is 2. The van der Waals surface area contributed by atoms with E-state index in [-0.39, 0.29) is 22.9 Å². The van der Waals surface area contributed by atoms with Gasteiger partial charge in [-0.1, -0.05) is 36.4 Å². The molecule has 2 rings (SSSR count). The third-order valence-electron chi connectivity index (χ3n) is 3.68. The van der Waals surface area contributed by atoms with Gasteiger partial charge in [-0.2, -0.15) is 0 Å². The van der Waals surface area contributed by atoms with Gasteiger partial charge in [0, 0.05) is 11.6 Å². The summed E-state index contributed by atoms with van der Waals surface area (Å²) in [5.41, 5.74) is 0.784. The third-order valence-corrected chi connectivity index (χ3v) is 5.34. The van der Waals surface area contributed by atoms with Crippen molar-refractivity contribution in [2.45, 2.75) is 37.2 Å². The van der Waals surface area contributed by atoms with Crippen molar-refractivity contribution in [2.24, 2.45) is 0 Å². The highest BCUT2D eigenvalue weighted by Gasteiger charge is 2.21. The van der Waals surface area contributed by atoms with Crippen LogP contribution >= 0.6 is 0 Å². The molecule has 0 bridgehead atoms. The number of hydrogen-bond donors (Lipinski definition) is 3. The molecule has 0 spiro atoms. The number of carboxylic acid groups (broad SMARTS) is 1. The van der Waals surface area contributed by atoms with Crippen LogP contribution in [0.1, 0.15) is 42.2 Å². The molecule has 1 atom stereocenters. The van der Waals surface area contributed by atoms with Crippen molar-refractivity contribution in [1.82, 2.24) is 10.0 Å². The van der Waals surface area contributed by atoms with Crippen molar-refractivity contribution < 1.29 is 23.1 Å². The lowest BCUT2D eigenvalue weighted by Gasteiger charge is -2.18. The molecule has 0 saturated carbocycles. The van der Waals surface area contributed by atoms with Gasteiger partial charge in [0.05, 0.1) is 17.4 Å². The zero-order chi connectivity index (χ0) is 20.0. The van der Waals surface area contributed by atoms with Gasteiger partial charge in [0.2, 0.25) is 10.0 Å². The molecule has 2 aromatic carbocycles. The zero-order valence-electron chi connectivity index (χ0n) is 15.0. The van der Waals surface area contributed by atoms with E-state index in [0.717, 1.165) is 0 Å². The van der Waals surface area contributed by atoms with Crippen LogP contribution in [0.2, 0.25) is 0 Å². The maximum absolute atomic E-state index is 12.6. The fraction of sp³-hybridized carbons (Fsp3) is 0.263. The highest BCUT2D eigenvalue weighted by Crippen LogP contribution is 2.18. The zero-order valence-corrected chi connectivity index (χ0v) is 15.9. The second-order valence-corrected chi connectivity index (χ2v) is 8.05. The van der Waals surface area contributed by atoms with Crippen molar-refractivity contribution in [3.8, 4) is 0 Å². The highest BCUT2D eigenvalue weighted by atomic mass is 32.2. The summed E-state index contributed by atoms with van der Waals surface area (Å²) in [6.07, 6.45) is -0.289. The van der Waals surface area contributed by atoms with Crippen molar-refractivity contribution in [1.29, 1.82) is 0 Å². The topological polar surface area (TPSA) is 113 Å². The van der Waals surface area contributed by atoms with E-state index in [4.69, 9.17) is 5.11 Å². The Morgan fingerprint density at radius 3 is 2.30 bits per heavy atom. The van der Waals surface area contributed by atoms with Crippen LogP contribution in [0.3, 0.4) is 0 Å². The van der Waals surface area contributed by atoms with E-state index in [2.05, 4.69) is 10.0 Å². The Morgan fingerprint density at radius 1 is 1.04 bits per heavy atom. The van der Waals surface area contributed by atoms with Crippen LogP contribution in [-0.2, 0) is 14.8 Å². The number of carbonyl (C=O) groups excluding carboxylic acids is 1. The SMILES string of the molecule is CC(C)NS(=O)(=O)c1cccc(C(=O)NC(CC(=O)O)c2ccccc2)c1. The standard InChI is InChI=1S/C19H22N2O5S/c1-13(2)21-27(25,26)16-10-6-9-15(11-16)19(24)20-17(12-18(22)23)14-7-4-3-5-8-14/h3-11,13,17,21H,12H2,1-2H3,(H,20,24)(H,22,23). The van der Waals surface area contributed by atoms with E-state index in [0.29, 0.717) is 5.56 Å². The van der Waals surface area contributed by atoms with Gasteiger partial charge in [-0.3, -0.25) is 9.59 Å². The average molecular weight is 390 g/mol. The number of carboxylic acids is 1. The first-order chi connectivity index (χ1) is 12.7. The molecule has 3 N–H and O–H groups in total. The van der Waals surface area contributed by atoms with E-state index < -0.39 is 27.9 Å². The van der Waals surface area contributed by atoms with Crippen molar-refractivity contribution >= 4 is 21.9 Å². The predicted molar refractivity (Wildman–Crippen MR) is 101 cm³/mol. The fourth-order valence-electron chi connectivity index (χ4n) is 2.54. The monoisotopic (exact) mass is 390 g/mol. The molecule has 0 aliphatic carbocycles. The minimum Gasteiger partial charge on any atom is -0.481 e. The van der Waals surface area contributed by atoms with Crippen molar-refractivity contribution in [3.63, 3.8) is 0 Å². The number of amides is 1. The molecule has 1 unspecified atom stereocenters. The fourth-order valence-corrected chi connectivity index (χ4v) is 3.83. The van der Waals surface area contributed by atoms with Crippen LogP contribution in [0.4, 0.5) is 0 Å². The van der Waals surface area contributed by atoms with E-state index in [1.54, 1.807) is 44.2 Å². The molecule has 0 aliphatic heterocycles. The second kappa shape index (κ2) is 8.79. The largest absolute Gasteiger partial charge is 0.481 e. The van der Waals surface area contributed by atoms with Crippen molar-refractivity contribution in [3.05, 3.63) is 65.7 Å². The van der Waals surface area contributed by atoms with Crippen LogP contribution in [0.15, 0.2) is 59.5 Å². The summed E-state index contributed by atoms with van der Waals surface area (Å²) >= 11 is 0. The van der Waals surface area contributed by atoms with Crippen LogP contribution in [0.5, 0.6) is 0 Å². The molecule has 8 heteroatoms. The van der Waals surface area contributed by atoms with E-state index in [9.17, 15) is 18.0 Å². The molecular weight excluding hydrogens is 368 g/mol. The summed E-state index contributed by atoms with van der Waals surface area (Å²) in [7, 11) is -3.74. The van der Waals surface area contributed by atoms with Gasteiger partial charge in [-0.05, 0) is 37.6 Å². The lowest BCUT2D eigenvalue weighted by molar-refractivity contribution is -0.137. The Kier molecular flexibility index (Phi) is 6.70. The summed E-state index contributed by atoms with van der Waals surface area (Å²) in [5, 5.41) is 11.8. The minimum atomic E-state index is -3.74. The van der Waals surface area contributed by atoms with Gasteiger partial charge >= 0.3 is 5.97 Å². The second-order valence-electron chi connectivity index (χ2n) is 6.34. The molecule has 0 fully saturated rings. The lowest BCUT2D eigenvalue weighted by atomic mass is 10.0. The molecule has 1 amide bonds. The number of carbonyl (C=O) groups is 2. The smallest absolute Gasteiger partial charge is 0.305 e. The molecule has 2 aromatic rings. The number of hydrogen-bond acceptors (Lipinski definition) is 4. The van der Waals surface area contributed by atoms with Gasteiger partial charge < -0.3 is 10.4 Å². The van der Waals surface area contributed by atoms with Crippen LogP contribution < -0.4 is 10.0 Å². The normalized spacial score (nSPS) is 12.6. The van der Waals surface area contributed by atoms with Crippen molar-refractivity contribution in [2.75, 3.05) is 0 Å². The number of nitrogens with one attached hydrogen (secondary N) is 2. The first kappa shape index (κ1) is 20.6. The van der Waals surface area contributed by atoms with E-state index in [1.165, 1.54) is 24.3 Å². The first-order valence-corrected chi connectivity index (χ1v) is 9.87. The maximum Gasteiger partial charge on any atom is 0.305 e. The van der Waals surface area contributed by atoms with Gasteiger partial charge in [0.1, 0.15) is 0 Å². The third kappa shape index (κ3) is 5.90. The average Bonchev–Trinajstić information content (AvgIpc) is 2.60. The molecule has 0 saturated heterocycles. The Hall–Kier alpha value is -2.71.